The molecule has 3 unspecified atom stereocenters. The number of thiazole rings is 1. The normalized spacial score (nSPS) is 31.9. The van der Waals surface area contributed by atoms with Crippen LogP contribution in [0.5, 0.6) is 0 Å². The first-order chi connectivity index (χ1) is 8.33. The van der Waals surface area contributed by atoms with Crippen molar-refractivity contribution >= 4 is 11.3 Å². The van der Waals surface area contributed by atoms with Crippen molar-refractivity contribution in [1.82, 2.24) is 15.6 Å². The van der Waals surface area contributed by atoms with Crippen LogP contribution >= 0.6 is 11.3 Å². The second kappa shape index (κ2) is 5.04. The van der Waals surface area contributed by atoms with Crippen molar-refractivity contribution in [2.24, 2.45) is 11.8 Å². The second-order valence-corrected chi connectivity index (χ2v) is 6.33. The van der Waals surface area contributed by atoms with Gasteiger partial charge in [0.2, 0.25) is 0 Å². The maximum atomic E-state index is 4.48. The lowest BCUT2D eigenvalue weighted by molar-refractivity contribution is 0.393. The summed E-state index contributed by atoms with van der Waals surface area (Å²) in [6.07, 6.45) is 4.32. The molecule has 1 saturated carbocycles. The zero-order valence-corrected chi connectivity index (χ0v) is 11.2. The summed E-state index contributed by atoms with van der Waals surface area (Å²) in [4.78, 5) is 4.48. The van der Waals surface area contributed by atoms with E-state index in [1.54, 1.807) is 11.3 Å². The topological polar surface area (TPSA) is 37.0 Å². The number of nitrogens with zero attached hydrogens (tertiary/aromatic N) is 1. The van der Waals surface area contributed by atoms with Gasteiger partial charge in [-0.1, -0.05) is 6.42 Å². The Hall–Kier alpha value is -0.450. The van der Waals surface area contributed by atoms with E-state index in [1.807, 2.05) is 0 Å². The van der Waals surface area contributed by atoms with Gasteiger partial charge in [0, 0.05) is 30.2 Å². The van der Waals surface area contributed by atoms with Crippen molar-refractivity contribution in [3.8, 4) is 0 Å². The summed E-state index contributed by atoms with van der Waals surface area (Å²) in [6.45, 7) is 5.32. The molecule has 0 radical (unpaired) electrons. The first kappa shape index (κ1) is 11.6. The second-order valence-electron chi connectivity index (χ2n) is 5.38. The van der Waals surface area contributed by atoms with E-state index in [0.717, 1.165) is 30.6 Å². The fourth-order valence-electron chi connectivity index (χ4n) is 3.34. The van der Waals surface area contributed by atoms with Crippen LogP contribution in [0.15, 0.2) is 5.38 Å². The number of hydrogen-bond acceptors (Lipinski definition) is 4. The highest BCUT2D eigenvalue weighted by Crippen LogP contribution is 2.37. The summed E-state index contributed by atoms with van der Waals surface area (Å²) in [5.41, 5.74) is 1.14. The van der Waals surface area contributed by atoms with Gasteiger partial charge in [-0.15, -0.1) is 11.3 Å². The van der Waals surface area contributed by atoms with Crippen molar-refractivity contribution in [1.29, 1.82) is 0 Å². The van der Waals surface area contributed by atoms with Gasteiger partial charge in [-0.05, 0) is 38.1 Å². The highest BCUT2D eigenvalue weighted by molar-refractivity contribution is 7.09. The van der Waals surface area contributed by atoms with E-state index < -0.39 is 0 Å². The molecule has 0 aromatic carbocycles. The molecule has 2 aliphatic rings. The fourth-order valence-corrected chi connectivity index (χ4v) is 4.09. The molecule has 0 bridgehead atoms. The molecule has 1 aromatic heterocycles. The molecule has 2 N–H and O–H groups in total. The van der Waals surface area contributed by atoms with Crippen LogP contribution in [-0.4, -0.2) is 24.1 Å². The Morgan fingerprint density at radius 2 is 2.47 bits per heavy atom. The molecule has 3 rings (SSSR count). The van der Waals surface area contributed by atoms with Crippen LogP contribution in [0.1, 0.15) is 30.0 Å². The minimum absolute atomic E-state index is 0.698. The Bertz CT molecular complexity index is 376. The molecule has 1 aromatic rings. The fraction of sp³-hybridized carbons (Fsp3) is 0.769. The third kappa shape index (κ3) is 2.54. The third-order valence-corrected chi connectivity index (χ3v) is 5.15. The molecule has 0 spiro atoms. The van der Waals surface area contributed by atoms with Crippen molar-refractivity contribution in [2.75, 3.05) is 13.1 Å². The van der Waals surface area contributed by atoms with E-state index in [0.29, 0.717) is 6.04 Å². The van der Waals surface area contributed by atoms with E-state index in [4.69, 9.17) is 0 Å². The lowest BCUT2D eigenvalue weighted by Gasteiger charge is -2.18. The summed E-state index contributed by atoms with van der Waals surface area (Å²) in [7, 11) is 0. The lowest BCUT2D eigenvalue weighted by atomic mass is 9.94. The monoisotopic (exact) mass is 251 g/mol. The van der Waals surface area contributed by atoms with Gasteiger partial charge >= 0.3 is 0 Å². The summed E-state index contributed by atoms with van der Waals surface area (Å²) < 4.78 is 0. The van der Waals surface area contributed by atoms with Crippen molar-refractivity contribution in [3.05, 3.63) is 16.1 Å². The maximum Gasteiger partial charge on any atom is 0.107 e. The van der Waals surface area contributed by atoms with Gasteiger partial charge in [0.1, 0.15) is 5.01 Å². The Morgan fingerprint density at radius 3 is 3.29 bits per heavy atom. The zero-order chi connectivity index (χ0) is 11.7. The molecular formula is C13H21N3S. The standard InChI is InChI=1S/C13H21N3S/c1-9-8-17-13(16-9)7-14-6-12-11-4-2-3-10(11)5-15-12/h8,10-12,14-15H,2-7H2,1H3. The van der Waals surface area contributed by atoms with Gasteiger partial charge in [0.15, 0.2) is 0 Å². The van der Waals surface area contributed by atoms with Crippen LogP contribution in [0.4, 0.5) is 0 Å². The SMILES string of the molecule is Cc1csc(CNCC2NCC3CCCC32)n1. The quantitative estimate of drug-likeness (QED) is 0.858. The zero-order valence-electron chi connectivity index (χ0n) is 10.4. The largest absolute Gasteiger partial charge is 0.312 e. The molecule has 3 atom stereocenters. The van der Waals surface area contributed by atoms with E-state index in [1.165, 1.54) is 30.8 Å². The molecular weight excluding hydrogens is 230 g/mol. The average Bonchev–Trinajstić information content (AvgIpc) is 2.97. The summed E-state index contributed by atoms with van der Waals surface area (Å²) in [5, 5.41) is 10.6. The van der Waals surface area contributed by atoms with Crippen molar-refractivity contribution in [3.63, 3.8) is 0 Å². The summed E-state index contributed by atoms with van der Waals surface area (Å²) in [6, 6.07) is 0.698. The Morgan fingerprint density at radius 1 is 1.53 bits per heavy atom. The third-order valence-electron chi connectivity index (χ3n) is 4.18. The Labute approximate surface area is 107 Å². The van der Waals surface area contributed by atoms with Crippen LogP contribution in [0, 0.1) is 18.8 Å². The Kier molecular flexibility index (Phi) is 3.45. The summed E-state index contributed by atoms with van der Waals surface area (Å²) in [5.74, 6) is 1.89. The Balaban J connectivity index is 1.45. The van der Waals surface area contributed by atoms with Crippen molar-refractivity contribution < 1.29 is 0 Å². The number of aryl methyl sites for hydroxylation is 1. The number of rotatable bonds is 4. The van der Waals surface area contributed by atoms with E-state index in [2.05, 4.69) is 27.9 Å². The molecule has 3 nitrogen and oxygen atoms in total. The minimum Gasteiger partial charge on any atom is -0.312 e. The predicted molar refractivity (Wildman–Crippen MR) is 71.2 cm³/mol. The first-order valence-corrected chi connectivity index (χ1v) is 7.56. The van der Waals surface area contributed by atoms with E-state index in [9.17, 15) is 0 Å². The van der Waals surface area contributed by atoms with Crippen LogP contribution in [0.3, 0.4) is 0 Å². The van der Waals surface area contributed by atoms with Gasteiger partial charge in [-0.2, -0.15) is 0 Å². The predicted octanol–water partition coefficient (Wildman–Crippen LogP) is 1.93. The molecule has 1 aliphatic carbocycles. The number of hydrogen-bond donors (Lipinski definition) is 2. The molecule has 94 valence electrons. The van der Waals surface area contributed by atoms with Gasteiger partial charge < -0.3 is 10.6 Å². The van der Waals surface area contributed by atoms with Crippen LogP contribution in [0.2, 0.25) is 0 Å². The van der Waals surface area contributed by atoms with Crippen LogP contribution < -0.4 is 10.6 Å². The average molecular weight is 251 g/mol. The van der Waals surface area contributed by atoms with Gasteiger partial charge in [0.05, 0.1) is 0 Å². The van der Waals surface area contributed by atoms with Crippen LogP contribution in [0.25, 0.3) is 0 Å². The van der Waals surface area contributed by atoms with Gasteiger partial charge in [-0.25, -0.2) is 4.98 Å². The van der Waals surface area contributed by atoms with Gasteiger partial charge in [-0.3, -0.25) is 0 Å². The molecule has 2 heterocycles. The lowest BCUT2D eigenvalue weighted by Crippen LogP contribution is -2.37. The van der Waals surface area contributed by atoms with E-state index >= 15 is 0 Å². The number of nitrogens with one attached hydrogen (secondary N) is 2. The van der Waals surface area contributed by atoms with Crippen LogP contribution in [-0.2, 0) is 6.54 Å². The number of aromatic nitrogens is 1. The molecule has 17 heavy (non-hydrogen) atoms. The molecule has 1 aliphatic heterocycles. The molecule has 4 heteroatoms. The highest BCUT2D eigenvalue weighted by Gasteiger charge is 2.38. The molecule has 1 saturated heterocycles. The molecule has 2 fully saturated rings. The summed E-state index contributed by atoms with van der Waals surface area (Å²) >= 11 is 1.76. The number of fused-ring (bicyclic) bond motifs is 1. The maximum absolute atomic E-state index is 4.48. The minimum atomic E-state index is 0.698. The smallest absolute Gasteiger partial charge is 0.107 e. The highest BCUT2D eigenvalue weighted by atomic mass is 32.1. The first-order valence-electron chi connectivity index (χ1n) is 6.68. The van der Waals surface area contributed by atoms with Crippen molar-refractivity contribution in [2.45, 2.75) is 38.8 Å². The van der Waals surface area contributed by atoms with E-state index in [-0.39, 0.29) is 0 Å². The molecule has 0 amide bonds. The van der Waals surface area contributed by atoms with Gasteiger partial charge in [0.25, 0.3) is 0 Å².